The first-order chi connectivity index (χ1) is 5.91. The van der Waals surface area contributed by atoms with Gasteiger partial charge in [-0.25, -0.2) is 12.1 Å². The Bertz CT molecular complexity index is 119. The van der Waals surface area contributed by atoms with E-state index in [1.54, 1.807) is 7.11 Å². The molecule has 0 unspecified atom stereocenters. The number of hydrogen-bond acceptors (Lipinski definition) is 2. The molecule has 0 aliphatic heterocycles. The molecule has 0 fully saturated rings. The number of ether oxygens (including phenoxy) is 2. The molecule has 3 heteroatoms. The second-order valence-electron chi connectivity index (χ2n) is 2.07. The van der Waals surface area contributed by atoms with E-state index in [1.807, 2.05) is 30.3 Å². The van der Waals surface area contributed by atoms with E-state index in [4.69, 9.17) is 9.47 Å². The van der Waals surface area contributed by atoms with E-state index in [0.29, 0.717) is 19.8 Å². The topological polar surface area (TPSA) is 18.5 Å². The minimum absolute atomic E-state index is 0. The summed E-state index contributed by atoms with van der Waals surface area (Å²) in [6.07, 6.45) is 0. The Morgan fingerprint density at radius 3 is 2.15 bits per heavy atom. The molecular formula is C10H16O2Ti. The van der Waals surface area contributed by atoms with Crippen molar-refractivity contribution in [2.45, 2.75) is 0 Å². The van der Waals surface area contributed by atoms with Gasteiger partial charge in [0.05, 0.1) is 13.2 Å². The Balaban J connectivity index is 0. The summed E-state index contributed by atoms with van der Waals surface area (Å²) >= 11 is 0. The normalized spacial score (nSPS) is 8.15. The smallest absolute Gasteiger partial charge is 0.411 e. The van der Waals surface area contributed by atoms with Crippen LogP contribution in [0.2, 0.25) is 0 Å². The van der Waals surface area contributed by atoms with Crippen molar-refractivity contribution in [2.75, 3.05) is 26.9 Å². The van der Waals surface area contributed by atoms with E-state index in [0.717, 1.165) is 0 Å². The maximum Gasteiger partial charge on any atom is 2.00 e. The Morgan fingerprint density at radius 1 is 1.23 bits per heavy atom. The van der Waals surface area contributed by atoms with Crippen molar-refractivity contribution in [1.29, 1.82) is 0 Å². The standard InChI is InChI=1S/C5H11O2.C5H5.Ti/c1-3-7-5-4-6-2;1-2-4-5-3-1;/h1,3-5H2,2H3;1-5H;/q2*-1;+2. The Hall–Kier alpha value is -0.0157. The molecule has 2 nitrogen and oxygen atoms in total. The van der Waals surface area contributed by atoms with Gasteiger partial charge in [-0.15, -0.1) is 0 Å². The van der Waals surface area contributed by atoms with Crippen LogP contribution in [-0.4, -0.2) is 26.9 Å². The van der Waals surface area contributed by atoms with Crippen molar-refractivity contribution >= 4 is 0 Å². The van der Waals surface area contributed by atoms with Gasteiger partial charge < -0.3 is 16.4 Å². The van der Waals surface area contributed by atoms with Crippen LogP contribution in [0.1, 0.15) is 0 Å². The molecular weight excluding hydrogens is 200 g/mol. The van der Waals surface area contributed by atoms with Gasteiger partial charge >= 0.3 is 21.7 Å². The molecule has 0 radical (unpaired) electrons. The van der Waals surface area contributed by atoms with E-state index in [2.05, 4.69) is 6.92 Å². The molecule has 0 saturated heterocycles. The Kier molecular flexibility index (Phi) is 17.2. The first-order valence-corrected chi connectivity index (χ1v) is 3.94. The fourth-order valence-electron chi connectivity index (χ4n) is 0.565. The summed E-state index contributed by atoms with van der Waals surface area (Å²) in [5.74, 6) is 0. The van der Waals surface area contributed by atoms with Gasteiger partial charge in [-0.2, -0.15) is 18.2 Å². The van der Waals surface area contributed by atoms with Crippen molar-refractivity contribution in [3.05, 3.63) is 37.3 Å². The molecule has 0 bridgehead atoms. The van der Waals surface area contributed by atoms with Gasteiger partial charge in [0, 0.05) is 7.11 Å². The summed E-state index contributed by atoms with van der Waals surface area (Å²) in [7, 11) is 1.65. The van der Waals surface area contributed by atoms with Crippen molar-refractivity contribution in [3.63, 3.8) is 0 Å². The zero-order chi connectivity index (χ0) is 9.07. The molecule has 1 aromatic carbocycles. The van der Waals surface area contributed by atoms with Gasteiger partial charge in [-0.3, -0.25) is 0 Å². The molecule has 0 aliphatic carbocycles. The van der Waals surface area contributed by atoms with E-state index in [9.17, 15) is 0 Å². The second kappa shape index (κ2) is 14.5. The molecule has 1 aromatic rings. The molecule has 0 amide bonds. The van der Waals surface area contributed by atoms with Crippen LogP contribution < -0.4 is 0 Å². The zero-order valence-corrected chi connectivity index (χ0v) is 9.59. The van der Waals surface area contributed by atoms with Crippen molar-refractivity contribution in [2.24, 2.45) is 0 Å². The van der Waals surface area contributed by atoms with Gasteiger partial charge in [0.1, 0.15) is 0 Å². The third-order valence-corrected chi connectivity index (χ3v) is 1.13. The SMILES string of the molecule is [CH2-]COCCOC.[Ti+2].c1cc[cH-]c1. The van der Waals surface area contributed by atoms with E-state index in [1.165, 1.54) is 0 Å². The van der Waals surface area contributed by atoms with E-state index >= 15 is 0 Å². The van der Waals surface area contributed by atoms with Gasteiger partial charge in [0.2, 0.25) is 0 Å². The minimum Gasteiger partial charge on any atom is -0.411 e. The summed E-state index contributed by atoms with van der Waals surface area (Å²) < 4.78 is 9.53. The van der Waals surface area contributed by atoms with Crippen molar-refractivity contribution < 1.29 is 31.2 Å². The summed E-state index contributed by atoms with van der Waals surface area (Å²) in [5, 5.41) is 0. The van der Waals surface area contributed by atoms with Crippen LogP contribution in [0.5, 0.6) is 0 Å². The molecule has 72 valence electrons. The number of methoxy groups -OCH3 is 1. The molecule has 0 aliphatic rings. The van der Waals surface area contributed by atoms with Gasteiger partial charge in [0.15, 0.2) is 0 Å². The molecule has 0 atom stereocenters. The molecule has 0 N–H and O–H groups in total. The molecule has 0 spiro atoms. The molecule has 0 saturated carbocycles. The first-order valence-electron chi connectivity index (χ1n) is 3.94. The largest absolute Gasteiger partial charge is 2.00 e. The second-order valence-corrected chi connectivity index (χ2v) is 2.07. The molecule has 0 heterocycles. The summed E-state index contributed by atoms with van der Waals surface area (Å²) in [6.45, 7) is 5.33. The van der Waals surface area contributed by atoms with Crippen LogP contribution in [0.25, 0.3) is 0 Å². The fourth-order valence-corrected chi connectivity index (χ4v) is 0.565. The van der Waals surface area contributed by atoms with Crippen LogP contribution in [0.4, 0.5) is 0 Å². The molecule has 13 heavy (non-hydrogen) atoms. The van der Waals surface area contributed by atoms with Gasteiger partial charge in [0.25, 0.3) is 0 Å². The first kappa shape index (κ1) is 15.5. The number of hydrogen-bond donors (Lipinski definition) is 0. The fraction of sp³-hybridized carbons (Fsp3) is 0.400. The molecule has 1 rings (SSSR count). The zero-order valence-electron chi connectivity index (χ0n) is 8.03. The van der Waals surface area contributed by atoms with Gasteiger partial charge in [-0.05, 0) is 0 Å². The van der Waals surface area contributed by atoms with Gasteiger partial charge in [-0.1, -0.05) is 6.61 Å². The minimum atomic E-state index is 0. The van der Waals surface area contributed by atoms with Crippen molar-refractivity contribution in [3.8, 4) is 0 Å². The number of rotatable bonds is 4. The summed E-state index contributed by atoms with van der Waals surface area (Å²) in [4.78, 5) is 0. The maximum atomic E-state index is 4.84. The average Bonchev–Trinajstić information content (AvgIpc) is 2.62. The predicted octanol–water partition coefficient (Wildman–Crippen LogP) is 1.89. The van der Waals surface area contributed by atoms with E-state index < -0.39 is 0 Å². The van der Waals surface area contributed by atoms with Crippen molar-refractivity contribution in [1.82, 2.24) is 0 Å². The van der Waals surface area contributed by atoms with Crippen LogP contribution in [-0.2, 0) is 31.2 Å². The monoisotopic (exact) mass is 216 g/mol. The average molecular weight is 216 g/mol. The third-order valence-electron chi connectivity index (χ3n) is 1.13. The third kappa shape index (κ3) is 14.8. The quantitative estimate of drug-likeness (QED) is 0.434. The van der Waals surface area contributed by atoms with E-state index in [-0.39, 0.29) is 21.7 Å². The molecule has 0 aromatic heterocycles. The maximum absolute atomic E-state index is 4.84. The van der Waals surface area contributed by atoms with Crippen LogP contribution in [0, 0.1) is 6.92 Å². The summed E-state index contributed by atoms with van der Waals surface area (Å²) in [6, 6.07) is 10.0. The Labute approximate surface area is 95.5 Å². The summed E-state index contributed by atoms with van der Waals surface area (Å²) in [5.41, 5.74) is 0. The predicted molar refractivity (Wildman–Crippen MR) is 50.1 cm³/mol. The van der Waals surface area contributed by atoms with Crippen LogP contribution in [0.15, 0.2) is 30.3 Å². The van der Waals surface area contributed by atoms with Crippen LogP contribution in [0.3, 0.4) is 0 Å². The Morgan fingerprint density at radius 2 is 1.85 bits per heavy atom. The van der Waals surface area contributed by atoms with Crippen LogP contribution >= 0.6 is 0 Å².